The molecule has 2 heterocycles. The van der Waals surface area contributed by atoms with E-state index in [9.17, 15) is 8.42 Å². The number of nitrogens with zero attached hydrogens (tertiary/aromatic N) is 2. The third-order valence-corrected chi connectivity index (χ3v) is 6.74. The number of hydrogen-bond donors (Lipinski definition) is 0. The predicted octanol–water partition coefficient (Wildman–Crippen LogP) is 2.98. The minimum Gasteiger partial charge on any atom is -0.377 e. The predicted molar refractivity (Wildman–Crippen MR) is 95.9 cm³/mol. The van der Waals surface area contributed by atoms with Crippen molar-refractivity contribution in [3.63, 3.8) is 0 Å². The molecule has 1 aromatic carbocycles. The summed E-state index contributed by atoms with van der Waals surface area (Å²) in [6, 6.07) is 6.05. The summed E-state index contributed by atoms with van der Waals surface area (Å²) in [5.41, 5.74) is 2.56. The van der Waals surface area contributed by atoms with Crippen LogP contribution in [0.15, 0.2) is 27.1 Å². The molecule has 1 aromatic rings. The van der Waals surface area contributed by atoms with Crippen LogP contribution in [0, 0.1) is 0 Å². The number of anilines is 1. The number of morpholine rings is 1. The molecule has 1 fully saturated rings. The van der Waals surface area contributed by atoms with Gasteiger partial charge in [-0.1, -0.05) is 15.9 Å². The summed E-state index contributed by atoms with van der Waals surface area (Å²) >= 11 is 3.50. The first-order chi connectivity index (χ1) is 10.7. The van der Waals surface area contributed by atoms with Gasteiger partial charge in [-0.2, -0.15) is 4.40 Å². The van der Waals surface area contributed by atoms with Crippen LogP contribution in [0.25, 0.3) is 0 Å². The third kappa shape index (κ3) is 3.19. The van der Waals surface area contributed by atoms with Crippen molar-refractivity contribution in [2.75, 3.05) is 24.7 Å². The first kappa shape index (κ1) is 16.9. The first-order valence-corrected chi connectivity index (χ1v) is 9.90. The molecule has 0 aromatic heterocycles. The van der Waals surface area contributed by atoms with Gasteiger partial charge in [0, 0.05) is 28.7 Å². The van der Waals surface area contributed by atoms with Crippen molar-refractivity contribution in [1.29, 1.82) is 0 Å². The number of halogens is 1. The number of rotatable bonds is 1. The topological polar surface area (TPSA) is 59.0 Å². The molecule has 0 radical (unpaired) electrons. The van der Waals surface area contributed by atoms with Crippen molar-refractivity contribution in [2.24, 2.45) is 4.40 Å². The normalized spacial score (nSPS) is 23.6. The van der Waals surface area contributed by atoms with Crippen molar-refractivity contribution < 1.29 is 13.2 Å². The number of ether oxygens (including phenoxy) is 1. The Morgan fingerprint density at radius 2 is 2.09 bits per heavy atom. The Morgan fingerprint density at radius 3 is 2.78 bits per heavy atom. The van der Waals surface area contributed by atoms with Gasteiger partial charge in [-0.15, -0.1) is 0 Å². The second-order valence-corrected chi connectivity index (χ2v) is 10.2. The Balaban J connectivity index is 2.13. The molecule has 5 nitrogen and oxygen atoms in total. The fourth-order valence-corrected chi connectivity index (χ4v) is 3.92. The molecule has 1 unspecified atom stereocenters. The van der Waals surface area contributed by atoms with Crippen LogP contribution < -0.4 is 4.90 Å². The lowest BCUT2D eigenvalue weighted by molar-refractivity contribution is 0.0952. The van der Waals surface area contributed by atoms with Gasteiger partial charge in [-0.3, -0.25) is 0 Å². The summed E-state index contributed by atoms with van der Waals surface area (Å²) in [5.74, 6) is 0. The zero-order valence-electron chi connectivity index (χ0n) is 13.5. The molecular formula is C16H21BrN2O3S. The molecule has 1 saturated heterocycles. The Labute approximate surface area is 145 Å². The second-order valence-electron chi connectivity index (χ2n) is 6.91. The fraction of sp³-hybridized carbons (Fsp3) is 0.562. The summed E-state index contributed by atoms with van der Waals surface area (Å²) in [5, 5.41) is 0. The zero-order chi connectivity index (χ0) is 16.8. The van der Waals surface area contributed by atoms with Gasteiger partial charge in [0.2, 0.25) is 0 Å². The summed E-state index contributed by atoms with van der Waals surface area (Å²) in [6.45, 7) is 7.12. The van der Waals surface area contributed by atoms with E-state index in [4.69, 9.17) is 4.74 Å². The molecule has 23 heavy (non-hydrogen) atoms. The molecule has 126 valence electrons. The van der Waals surface area contributed by atoms with Gasteiger partial charge in [0.15, 0.2) is 0 Å². The van der Waals surface area contributed by atoms with Gasteiger partial charge < -0.3 is 9.64 Å². The van der Waals surface area contributed by atoms with E-state index in [1.807, 2.05) is 18.2 Å². The maximum absolute atomic E-state index is 12.5. The van der Waals surface area contributed by atoms with E-state index < -0.39 is 14.8 Å². The Morgan fingerprint density at radius 1 is 1.35 bits per heavy atom. The van der Waals surface area contributed by atoms with Crippen LogP contribution in [0.4, 0.5) is 5.69 Å². The van der Waals surface area contributed by atoms with E-state index in [1.165, 1.54) is 0 Å². The molecule has 3 rings (SSSR count). The van der Waals surface area contributed by atoms with E-state index in [2.05, 4.69) is 25.2 Å². The van der Waals surface area contributed by atoms with Crippen molar-refractivity contribution in [2.45, 2.75) is 38.0 Å². The average Bonchev–Trinajstić information content (AvgIpc) is 2.45. The zero-order valence-corrected chi connectivity index (χ0v) is 15.9. The highest BCUT2D eigenvalue weighted by molar-refractivity contribution is 9.10. The van der Waals surface area contributed by atoms with Crippen molar-refractivity contribution in [3.8, 4) is 0 Å². The minimum atomic E-state index is -3.57. The summed E-state index contributed by atoms with van der Waals surface area (Å²) in [4.78, 5) is 2.30. The number of hydrogen-bond acceptors (Lipinski definition) is 4. The third-order valence-electron chi connectivity index (χ3n) is 4.24. The molecule has 2 aliphatic heterocycles. The van der Waals surface area contributed by atoms with E-state index in [-0.39, 0.29) is 6.04 Å². The Hall–Kier alpha value is -0.920. The smallest absolute Gasteiger partial charge is 0.258 e. The Bertz CT molecular complexity index is 753. The molecule has 2 aliphatic rings. The SMILES string of the molecule is CC(C)(C)S(=O)(=O)N=C1CC2COCCN2c2cc(Br)ccc21. The molecule has 0 amide bonds. The van der Waals surface area contributed by atoms with Gasteiger partial charge in [0.05, 0.1) is 29.7 Å². The molecule has 0 N–H and O–H groups in total. The number of sulfonamides is 1. The highest BCUT2D eigenvalue weighted by Crippen LogP contribution is 2.35. The van der Waals surface area contributed by atoms with Gasteiger partial charge in [-0.25, -0.2) is 8.42 Å². The fourth-order valence-electron chi connectivity index (χ4n) is 2.83. The monoisotopic (exact) mass is 400 g/mol. The molecule has 0 bridgehead atoms. The van der Waals surface area contributed by atoms with Crippen molar-refractivity contribution in [1.82, 2.24) is 0 Å². The average molecular weight is 401 g/mol. The molecule has 7 heteroatoms. The van der Waals surface area contributed by atoms with Gasteiger partial charge >= 0.3 is 0 Å². The maximum Gasteiger partial charge on any atom is 0.258 e. The van der Waals surface area contributed by atoms with Gasteiger partial charge in [0.1, 0.15) is 0 Å². The van der Waals surface area contributed by atoms with Crippen LogP contribution >= 0.6 is 15.9 Å². The van der Waals surface area contributed by atoms with Crippen LogP contribution in [0.5, 0.6) is 0 Å². The summed E-state index contributed by atoms with van der Waals surface area (Å²) < 4.78 is 34.9. The van der Waals surface area contributed by atoms with Crippen molar-refractivity contribution >= 4 is 37.4 Å². The lowest BCUT2D eigenvalue weighted by Gasteiger charge is -2.42. The van der Waals surface area contributed by atoms with Gasteiger partial charge in [-0.05, 0) is 39.0 Å². The van der Waals surface area contributed by atoms with Crippen molar-refractivity contribution in [3.05, 3.63) is 28.2 Å². The summed E-state index contributed by atoms with van der Waals surface area (Å²) in [7, 11) is -3.57. The molecule has 0 saturated carbocycles. The van der Waals surface area contributed by atoms with Crippen LogP contribution in [-0.4, -0.2) is 44.7 Å². The molecular weight excluding hydrogens is 380 g/mol. The lowest BCUT2D eigenvalue weighted by atomic mass is 9.93. The Kier molecular flexibility index (Phi) is 4.31. The standard InChI is InChI=1S/C16H21BrN2O3S/c1-16(2,3)23(20,21)18-14-9-12-10-22-7-6-19(12)15-8-11(17)4-5-13(14)15/h4-5,8,12H,6-7,9-10H2,1-3H3. The molecule has 0 aliphatic carbocycles. The number of fused-ring (bicyclic) bond motifs is 3. The minimum absolute atomic E-state index is 0.138. The van der Waals surface area contributed by atoms with Gasteiger partial charge in [0.25, 0.3) is 10.0 Å². The highest BCUT2D eigenvalue weighted by Gasteiger charge is 2.35. The van der Waals surface area contributed by atoms with E-state index in [0.717, 1.165) is 22.3 Å². The van der Waals surface area contributed by atoms with Crippen LogP contribution in [0.2, 0.25) is 0 Å². The maximum atomic E-state index is 12.5. The van der Waals surface area contributed by atoms with E-state index in [1.54, 1.807) is 20.8 Å². The van der Waals surface area contributed by atoms with E-state index in [0.29, 0.717) is 25.3 Å². The van der Waals surface area contributed by atoms with E-state index >= 15 is 0 Å². The molecule has 1 atom stereocenters. The highest BCUT2D eigenvalue weighted by atomic mass is 79.9. The van der Waals surface area contributed by atoms with Crippen LogP contribution in [-0.2, 0) is 14.8 Å². The van der Waals surface area contributed by atoms with Crippen LogP contribution in [0.1, 0.15) is 32.8 Å². The summed E-state index contributed by atoms with van der Waals surface area (Å²) in [6.07, 6.45) is 0.587. The largest absolute Gasteiger partial charge is 0.377 e. The second kappa shape index (κ2) is 5.86. The lowest BCUT2D eigenvalue weighted by Crippen LogP contribution is -2.50. The van der Waals surface area contributed by atoms with Crippen LogP contribution in [0.3, 0.4) is 0 Å². The molecule has 0 spiro atoms. The first-order valence-electron chi connectivity index (χ1n) is 7.67. The quantitative estimate of drug-likeness (QED) is 0.726. The number of benzene rings is 1.